The Bertz CT molecular complexity index is 226. The molecule has 1 N–H and O–H groups in total. The van der Waals surface area contributed by atoms with Gasteiger partial charge in [-0.1, -0.05) is 13.8 Å². The molecule has 3 atom stereocenters. The molecular weight excluding hydrogens is 194 g/mol. The molecule has 1 saturated heterocycles. The number of carbonyl (C=O) groups is 1. The summed E-state index contributed by atoms with van der Waals surface area (Å²) in [5.41, 5.74) is 0. The summed E-state index contributed by atoms with van der Waals surface area (Å²) in [4.78, 5) is 13.7. The quantitative estimate of drug-likeness (QED) is 0.702. The molecule has 15 heavy (non-hydrogen) atoms. The molecule has 1 heterocycles. The van der Waals surface area contributed by atoms with Crippen LogP contribution >= 0.6 is 0 Å². The van der Waals surface area contributed by atoms with Crippen LogP contribution in [0.1, 0.15) is 27.7 Å². The third-order valence-corrected chi connectivity index (χ3v) is 2.57. The number of β-amino-alcohol motifs (C(OH)–C–C–N with tert-alkyl or cyclic N) is 1. The van der Waals surface area contributed by atoms with Crippen LogP contribution in [-0.4, -0.2) is 47.3 Å². The number of morpholine rings is 1. The van der Waals surface area contributed by atoms with Gasteiger partial charge in [-0.05, 0) is 19.8 Å². The van der Waals surface area contributed by atoms with E-state index in [1.807, 2.05) is 25.7 Å². The Morgan fingerprint density at radius 3 is 2.60 bits per heavy atom. The number of hydrogen-bond donors (Lipinski definition) is 1. The van der Waals surface area contributed by atoms with Gasteiger partial charge in [-0.3, -0.25) is 9.69 Å². The number of esters is 1. The number of cyclic esters (lactones) is 1. The molecule has 0 amide bonds. The normalized spacial score (nSPS) is 30.4. The van der Waals surface area contributed by atoms with E-state index >= 15 is 0 Å². The van der Waals surface area contributed by atoms with E-state index in [9.17, 15) is 9.90 Å². The molecule has 1 rings (SSSR count). The van der Waals surface area contributed by atoms with E-state index in [0.717, 1.165) is 0 Å². The molecule has 0 aromatic carbocycles. The van der Waals surface area contributed by atoms with Crippen LogP contribution in [0.3, 0.4) is 0 Å². The second kappa shape index (κ2) is 4.94. The van der Waals surface area contributed by atoms with E-state index in [0.29, 0.717) is 13.1 Å². The predicted molar refractivity (Wildman–Crippen MR) is 57.4 cm³/mol. The van der Waals surface area contributed by atoms with Crippen LogP contribution < -0.4 is 0 Å². The number of rotatable bonds is 3. The van der Waals surface area contributed by atoms with Gasteiger partial charge in [-0.25, -0.2) is 0 Å². The number of nitrogens with zero attached hydrogens (tertiary/aromatic N) is 1. The van der Waals surface area contributed by atoms with Gasteiger partial charge in [0, 0.05) is 13.1 Å². The molecular formula is C11H21NO3. The minimum atomic E-state index is -0.413. The first kappa shape index (κ1) is 12.5. The summed E-state index contributed by atoms with van der Waals surface area (Å²) >= 11 is 0. The van der Waals surface area contributed by atoms with Crippen LogP contribution in [0, 0.1) is 5.92 Å². The molecule has 1 fully saturated rings. The molecule has 0 saturated carbocycles. The van der Waals surface area contributed by atoms with Crippen molar-refractivity contribution in [3.05, 3.63) is 0 Å². The smallest absolute Gasteiger partial charge is 0.323 e. The van der Waals surface area contributed by atoms with E-state index in [1.165, 1.54) is 0 Å². The first-order chi connectivity index (χ1) is 6.91. The van der Waals surface area contributed by atoms with E-state index < -0.39 is 6.10 Å². The second-order valence-corrected chi connectivity index (χ2v) is 4.74. The maximum Gasteiger partial charge on any atom is 0.323 e. The van der Waals surface area contributed by atoms with Crippen molar-refractivity contribution < 1.29 is 14.6 Å². The van der Waals surface area contributed by atoms with Gasteiger partial charge in [0.05, 0.1) is 6.10 Å². The van der Waals surface area contributed by atoms with E-state index in [2.05, 4.69) is 0 Å². The first-order valence-electron chi connectivity index (χ1n) is 5.54. The number of aliphatic hydroxyl groups is 1. The predicted octanol–water partition coefficient (Wildman–Crippen LogP) is 0.639. The largest absolute Gasteiger partial charge is 0.460 e. The lowest BCUT2D eigenvalue weighted by atomic mass is 10.00. The van der Waals surface area contributed by atoms with E-state index in [4.69, 9.17) is 4.74 Å². The van der Waals surface area contributed by atoms with Gasteiger partial charge >= 0.3 is 5.97 Å². The minimum absolute atomic E-state index is 0.0775. The van der Waals surface area contributed by atoms with Gasteiger partial charge in [0.1, 0.15) is 12.1 Å². The van der Waals surface area contributed by atoms with E-state index in [-0.39, 0.29) is 24.0 Å². The zero-order valence-electron chi connectivity index (χ0n) is 9.93. The van der Waals surface area contributed by atoms with Crippen LogP contribution in [0.25, 0.3) is 0 Å². The Kier molecular flexibility index (Phi) is 4.11. The summed E-state index contributed by atoms with van der Waals surface area (Å²) in [6, 6.07) is -0.212. The highest BCUT2D eigenvalue weighted by Crippen LogP contribution is 2.19. The molecule has 0 radical (unpaired) electrons. The van der Waals surface area contributed by atoms with Crippen molar-refractivity contribution in [3.8, 4) is 0 Å². The number of ether oxygens (including phenoxy) is 1. The maximum absolute atomic E-state index is 11.7. The zero-order chi connectivity index (χ0) is 11.6. The van der Waals surface area contributed by atoms with Crippen LogP contribution in [0.2, 0.25) is 0 Å². The molecule has 3 unspecified atom stereocenters. The fourth-order valence-corrected chi connectivity index (χ4v) is 2.12. The molecule has 4 heteroatoms. The molecule has 0 aromatic rings. The van der Waals surface area contributed by atoms with Crippen LogP contribution in [0.4, 0.5) is 0 Å². The fraction of sp³-hybridized carbons (Fsp3) is 0.909. The average molecular weight is 215 g/mol. The molecule has 0 spiro atoms. The highest BCUT2D eigenvalue weighted by Gasteiger charge is 2.36. The van der Waals surface area contributed by atoms with Crippen molar-refractivity contribution in [1.82, 2.24) is 4.90 Å². The van der Waals surface area contributed by atoms with Gasteiger partial charge in [-0.15, -0.1) is 0 Å². The fourth-order valence-electron chi connectivity index (χ4n) is 2.12. The van der Waals surface area contributed by atoms with Gasteiger partial charge in [0.25, 0.3) is 0 Å². The average Bonchev–Trinajstić information content (AvgIpc) is 1.99. The highest BCUT2D eigenvalue weighted by molar-refractivity contribution is 5.77. The van der Waals surface area contributed by atoms with Gasteiger partial charge in [-0.2, -0.15) is 0 Å². The molecule has 0 aliphatic carbocycles. The van der Waals surface area contributed by atoms with Crippen molar-refractivity contribution in [1.29, 1.82) is 0 Å². The summed E-state index contributed by atoms with van der Waals surface area (Å²) < 4.78 is 5.21. The Hall–Kier alpha value is -0.610. The van der Waals surface area contributed by atoms with Gasteiger partial charge < -0.3 is 9.84 Å². The molecule has 0 aromatic heterocycles. The van der Waals surface area contributed by atoms with Crippen molar-refractivity contribution in [2.75, 3.05) is 13.1 Å². The third-order valence-electron chi connectivity index (χ3n) is 2.57. The highest BCUT2D eigenvalue weighted by atomic mass is 16.5. The standard InChI is InChI=1S/C11H21NO3/c1-7(2)10-11(14)15-9(4)6-12(10)5-8(3)13/h7-10,13H,5-6H2,1-4H3. The second-order valence-electron chi connectivity index (χ2n) is 4.74. The molecule has 4 nitrogen and oxygen atoms in total. The lowest BCUT2D eigenvalue weighted by Crippen LogP contribution is -2.55. The number of carbonyl (C=O) groups excluding carboxylic acids is 1. The Balaban J connectivity index is 2.73. The van der Waals surface area contributed by atoms with Gasteiger partial charge in [0.15, 0.2) is 0 Å². The summed E-state index contributed by atoms with van der Waals surface area (Å²) in [7, 11) is 0. The third kappa shape index (κ3) is 3.18. The number of hydrogen-bond acceptors (Lipinski definition) is 4. The summed E-state index contributed by atoms with van der Waals surface area (Å²) in [6.45, 7) is 8.85. The molecule has 88 valence electrons. The summed E-state index contributed by atoms with van der Waals surface area (Å²) in [5, 5.41) is 9.38. The molecule has 1 aliphatic rings. The van der Waals surface area contributed by atoms with Crippen LogP contribution in [0.15, 0.2) is 0 Å². The minimum Gasteiger partial charge on any atom is -0.460 e. The molecule has 1 aliphatic heterocycles. The lowest BCUT2D eigenvalue weighted by Gasteiger charge is -2.39. The topological polar surface area (TPSA) is 49.8 Å². The summed E-state index contributed by atoms with van der Waals surface area (Å²) in [5.74, 6) is 0.0492. The van der Waals surface area contributed by atoms with Crippen molar-refractivity contribution in [2.24, 2.45) is 5.92 Å². The number of aliphatic hydroxyl groups excluding tert-OH is 1. The van der Waals surface area contributed by atoms with E-state index in [1.54, 1.807) is 6.92 Å². The van der Waals surface area contributed by atoms with Crippen molar-refractivity contribution in [3.63, 3.8) is 0 Å². The molecule has 0 bridgehead atoms. The SMILES string of the molecule is CC(O)CN1CC(C)OC(=O)C1C(C)C. The Morgan fingerprint density at radius 1 is 1.53 bits per heavy atom. The van der Waals surface area contributed by atoms with Crippen molar-refractivity contribution >= 4 is 5.97 Å². The Morgan fingerprint density at radius 2 is 2.13 bits per heavy atom. The van der Waals surface area contributed by atoms with Crippen LogP contribution in [-0.2, 0) is 9.53 Å². The van der Waals surface area contributed by atoms with Crippen molar-refractivity contribution in [2.45, 2.75) is 45.9 Å². The monoisotopic (exact) mass is 215 g/mol. The maximum atomic E-state index is 11.7. The Labute approximate surface area is 91.2 Å². The lowest BCUT2D eigenvalue weighted by molar-refractivity contribution is -0.168. The first-order valence-corrected chi connectivity index (χ1v) is 5.54. The van der Waals surface area contributed by atoms with Gasteiger partial charge in [0.2, 0.25) is 0 Å². The zero-order valence-corrected chi connectivity index (χ0v) is 9.93. The summed E-state index contributed by atoms with van der Waals surface area (Å²) in [6.07, 6.45) is -0.490. The van der Waals surface area contributed by atoms with Crippen LogP contribution in [0.5, 0.6) is 0 Å².